The molecule has 1 amide bonds. The van der Waals surface area contributed by atoms with Crippen LogP contribution in [-0.4, -0.2) is 13.0 Å². The van der Waals surface area contributed by atoms with Gasteiger partial charge in [0.1, 0.15) is 5.75 Å². The number of anilines is 1. The largest absolute Gasteiger partial charge is 0.496 e. The van der Waals surface area contributed by atoms with Gasteiger partial charge in [0.05, 0.1) is 7.11 Å². The van der Waals surface area contributed by atoms with Crippen LogP contribution in [0.25, 0.3) is 0 Å². The zero-order valence-electron chi connectivity index (χ0n) is 11.3. The van der Waals surface area contributed by atoms with E-state index in [1.807, 2.05) is 6.07 Å². The lowest BCUT2D eigenvalue weighted by molar-refractivity contribution is 0.0950. The maximum absolute atomic E-state index is 12.2. The Morgan fingerprint density at radius 1 is 1.19 bits per heavy atom. The molecule has 0 atom stereocenters. The number of rotatable bonds is 4. The van der Waals surface area contributed by atoms with E-state index in [1.165, 1.54) is 0 Å². The summed E-state index contributed by atoms with van der Waals surface area (Å²) in [7, 11) is 1.59. The molecule has 6 heteroatoms. The van der Waals surface area contributed by atoms with Gasteiger partial charge in [0.15, 0.2) is 0 Å². The summed E-state index contributed by atoms with van der Waals surface area (Å²) in [5.74, 6) is 0.529. The molecule has 0 heterocycles. The standard InChI is InChI=1S/C15H14Br2N2O2/c1-21-14-3-2-13(18)6-10(14)8-19-15(20)9-4-11(16)7-12(17)5-9/h2-7H,8,18H2,1H3,(H,19,20). The molecule has 0 unspecified atom stereocenters. The van der Waals surface area contributed by atoms with Crippen molar-refractivity contribution in [3.8, 4) is 5.75 Å². The van der Waals surface area contributed by atoms with Crippen molar-refractivity contribution in [1.82, 2.24) is 5.32 Å². The van der Waals surface area contributed by atoms with Crippen LogP contribution in [0.5, 0.6) is 5.75 Å². The summed E-state index contributed by atoms with van der Waals surface area (Å²) < 4.78 is 6.93. The average molecular weight is 414 g/mol. The molecule has 110 valence electrons. The van der Waals surface area contributed by atoms with Crippen molar-refractivity contribution < 1.29 is 9.53 Å². The monoisotopic (exact) mass is 412 g/mol. The van der Waals surface area contributed by atoms with E-state index in [0.29, 0.717) is 23.5 Å². The minimum Gasteiger partial charge on any atom is -0.496 e. The molecule has 0 aliphatic heterocycles. The number of halogens is 2. The highest BCUT2D eigenvalue weighted by atomic mass is 79.9. The van der Waals surface area contributed by atoms with Crippen molar-refractivity contribution >= 4 is 43.5 Å². The molecule has 0 spiro atoms. The van der Waals surface area contributed by atoms with Crippen LogP contribution >= 0.6 is 31.9 Å². The van der Waals surface area contributed by atoms with E-state index in [-0.39, 0.29) is 5.91 Å². The van der Waals surface area contributed by atoms with Gasteiger partial charge in [0, 0.05) is 32.3 Å². The zero-order valence-corrected chi connectivity index (χ0v) is 14.5. The molecular weight excluding hydrogens is 400 g/mol. The SMILES string of the molecule is COc1ccc(N)cc1CNC(=O)c1cc(Br)cc(Br)c1. The van der Waals surface area contributed by atoms with Gasteiger partial charge < -0.3 is 15.8 Å². The van der Waals surface area contributed by atoms with Crippen LogP contribution in [0.1, 0.15) is 15.9 Å². The van der Waals surface area contributed by atoms with E-state index in [2.05, 4.69) is 37.2 Å². The Balaban J connectivity index is 2.12. The Labute approximate surface area is 139 Å². The molecule has 21 heavy (non-hydrogen) atoms. The second-order valence-electron chi connectivity index (χ2n) is 4.41. The van der Waals surface area contributed by atoms with E-state index in [0.717, 1.165) is 14.5 Å². The van der Waals surface area contributed by atoms with Crippen LogP contribution in [0.4, 0.5) is 5.69 Å². The lowest BCUT2D eigenvalue weighted by atomic mass is 10.1. The topological polar surface area (TPSA) is 64.3 Å². The highest BCUT2D eigenvalue weighted by Crippen LogP contribution is 2.22. The number of nitrogens with one attached hydrogen (secondary N) is 1. The van der Waals surface area contributed by atoms with Gasteiger partial charge in [0.25, 0.3) is 5.91 Å². The van der Waals surface area contributed by atoms with Crippen molar-refractivity contribution in [2.45, 2.75) is 6.54 Å². The molecule has 0 saturated heterocycles. The predicted molar refractivity (Wildman–Crippen MR) is 90.4 cm³/mol. The smallest absolute Gasteiger partial charge is 0.251 e. The number of amides is 1. The highest BCUT2D eigenvalue weighted by molar-refractivity contribution is 9.11. The molecule has 2 rings (SSSR count). The van der Waals surface area contributed by atoms with Crippen LogP contribution in [0.15, 0.2) is 45.3 Å². The average Bonchev–Trinajstić information content (AvgIpc) is 2.43. The van der Waals surface area contributed by atoms with Crippen LogP contribution in [0.3, 0.4) is 0 Å². The van der Waals surface area contributed by atoms with Gasteiger partial charge in [-0.25, -0.2) is 0 Å². The number of carbonyl (C=O) groups is 1. The Hall–Kier alpha value is -1.53. The lowest BCUT2D eigenvalue weighted by Gasteiger charge is -2.11. The fourth-order valence-electron chi connectivity index (χ4n) is 1.90. The number of hydrogen-bond donors (Lipinski definition) is 2. The first-order chi connectivity index (χ1) is 9.99. The number of ether oxygens (including phenoxy) is 1. The second kappa shape index (κ2) is 6.95. The van der Waals surface area contributed by atoms with Gasteiger partial charge in [-0.05, 0) is 36.4 Å². The third-order valence-corrected chi connectivity index (χ3v) is 3.78. The van der Waals surface area contributed by atoms with Crippen molar-refractivity contribution in [3.63, 3.8) is 0 Å². The van der Waals surface area contributed by atoms with Gasteiger partial charge in [-0.15, -0.1) is 0 Å². The number of hydrogen-bond acceptors (Lipinski definition) is 3. The van der Waals surface area contributed by atoms with Gasteiger partial charge in [0.2, 0.25) is 0 Å². The summed E-state index contributed by atoms with van der Waals surface area (Å²) >= 11 is 6.73. The van der Waals surface area contributed by atoms with E-state index in [9.17, 15) is 4.79 Å². The summed E-state index contributed by atoms with van der Waals surface area (Å²) in [6.07, 6.45) is 0. The Morgan fingerprint density at radius 3 is 2.48 bits per heavy atom. The molecule has 2 aromatic rings. The number of nitrogens with two attached hydrogens (primary N) is 1. The quantitative estimate of drug-likeness (QED) is 0.750. The molecule has 0 aliphatic rings. The molecule has 0 aromatic heterocycles. The van der Waals surface area contributed by atoms with Gasteiger partial charge in [-0.3, -0.25) is 4.79 Å². The van der Waals surface area contributed by atoms with E-state index >= 15 is 0 Å². The number of benzene rings is 2. The van der Waals surface area contributed by atoms with E-state index in [4.69, 9.17) is 10.5 Å². The molecule has 2 aromatic carbocycles. The maximum atomic E-state index is 12.2. The van der Waals surface area contributed by atoms with Gasteiger partial charge in [-0.1, -0.05) is 31.9 Å². The molecule has 0 aliphatic carbocycles. The second-order valence-corrected chi connectivity index (χ2v) is 6.24. The highest BCUT2D eigenvalue weighted by Gasteiger charge is 2.09. The van der Waals surface area contributed by atoms with E-state index in [1.54, 1.807) is 37.4 Å². The minimum atomic E-state index is -0.165. The molecule has 0 radical (unpaired) electrons. The lowest BCUT2D eigenvalue weighted by Crippen LogP contribution is -2.23. The zero-order chi connectivity index (χ0) is 15.4. The van der Waals surface area contributed by atoms with Gasteiger partial charge in [-0.2, -0.15) is 0 Å². The normalized spacial score (nSPS) is 10.2. The van der Waals surface area contributed by atoms with Crippen LogP contribution in [0.2, 0.25) is 0 Å². The summed E-state index contributed by atoms with van der Waals surface area (Å²) in [5.41, 5.74) is 7.79. The van der Waals surface area contributed by atoms with Crippen molar-refractivity contribution in [2.75, 3.05) is 12.8 Å². The summed E-state index contributed by atoms with van der Waals surface area (Å²) in [5, 5.41) is 2.86. The number of methoxy groups -OCH3 is 1. The van der Waals surface area contributed by atoms with Crippen molar-refractivity contribution in [3.05, 3.63) is 56.5 Å². The Bertz CT molecular complexity index is 654. The number of carbonyl (C=O) groups excluding carboxylic acids is 1. The van der Waals surface area contributed by atoms with Crippen LogP contribution < -0.4 is 15.8 Å². The van der Waals surface area contributed by atoms with Crippen molar-refractivity contribution in [1.29, 1.82) is 0 Å². The first kappa shape index (κ1) is 15.9. The Morgan fingerprint density at radius 2 is 1.86 bits per heavy atom. The first-order valence-corrected chi connectivity index (χ1v) is 7.75. The molecule has 4 nitrogen and oxygen atoms in total. The third-order valence-electron chi connectivity index (χ3n) is 2.87. The van der Waals surface area contributed by atoms with Crippen LogP contribution in [0, 0.1) is 0 Å². The summed E-state index contributed by atoms with van der Waals surface area (Å²) in [4.78, 5) is 12.2. The first-order valence-electron chi connectivity index (χ1n) is 6.16. The predicted octanol–water partition coefficient (Wildman–Crippen LogP) is 3.73. The fourth-order valence-corrected chi connectivity index (χ4v) is 3.19. The van der Waals surface area contributed by atoms with Gasteiger partial charge >= 0.3 is 0 Å². The fraction of sp³-hybridized carbons (Fsp3) is 0.133. The third kappa shape index (κ3) is 4.22. The van der Waals surface area contributed by atoms with Crippen molar-refractivity contribution in [2.24, 2.45) is 0 Å². The Kier molecular flexibility index (Phi) is 5.25. The maximum Gasteiger partial charge on any atom is 0.251 e. The molecule has 0 saturated carbocycles. The number of nitrogen functional groups attached to an aromatic ring is 1. The molecular formula is C15H14Br2N2O2. The van der Waals surface area contributed by atoms with Crippen LogP contribution in [-0.2, 0) is 6.54 Å². The summed E-state index contributed by atoms with van der Waals surface area (Å²) in [6, 6.07) is 10.7. The molecule has 0 fully saturated rings. The van der Waals surface area contributed by atoms with E-state index < -0.39 is 0 Å². The summed E-state index contributed by atoms with van der Waals surface area (Å²) in [6.45, 7) is 0.344. The minimum absolute atomic E-state index is 0.165. The molecule has 0 bridgehead atoms. The molecule has 3 N–H and O–H groups in total.